The van der Waals surface area contributed by atoms with Gasteiger partial charge >= 0.3 is 12.1 Å². The Kier molecular flexibility index (Phi) is 2.14. The molecule has 7 heteroatoms. The first-order chi connectivity index (χ1) is 6.84. The molecular formula is C7H7N5O2. The molecule has 0 spiro atoms. The lowest BCUT2D eigenvalue weighted by Gasteiger charge is -1.99. The van der Waals surface area contributed by atoms with Crippen LogP contribution in [0.1, 0.15) is 0 Å². The summed E-state index contributed by atoms with van der Waals surface area (Å²) >= 11 is 0. The third-order valence-corrected chi connectivity index (χ3v) is 1.38. The molecule has 0 saturated carbocycles. The molecule has 2 aromatic rings. The van der Waals surface area contributed by atoms with Gasteiger partial charge in [0.15, 0.2) is 0 Å². The molecule has 0 fully saturated rings. The Morgan fingerprint density at radius 1 is 1.29 bits per heavy atom. The van der Waals surface area contributed by atoms with Gasteiger partial charge in [-0.3, -0.25) is 5.32 Å². The smallest absolute Gasteiger partial charge is 0.375 e. The van der Waals surface area contributed by atoms with Gasteiger partial charge in [-0.15, -0.1) is 0 Å². The van der Waals surface area contributed by atoms with E-state index in [1.165, 1.54) is 12.4 Å². The predicted octanol–water partition coefficient (Wildman–Crippen LogP) is 0.744. The number of imidazole rings is 2. The molecule has 0 aromatic carbocycles. The number of amides is 1. The van der Waals surface area contributed by atoms with Crippen molar-refractivity contribution >= 4 is 12.0 Å². The van der Waals surface area contributed by atoms with Crippen molar-refractivity contribution in [1.82, 2.24) is 19.9 Å². The molecule has 2 rings (SSSR count). The van der Waals surface area contributed by atoms with Gasteiger partial charge < -0.3 is 14.7 Å². The summed E-state index contributed by atoms with van der Waals surface area (Å²) in [4.78, 5) is 23.9. The molecule has 2 heterocycles. The first kappa shape index (κ1) is 8.30. The van der Waals surface area contributed by atoms with Crippen LogP contribution in [0.2, 0.25) is 0 Å². The maximum Gasteiger partial charge on any atom is 0.421 e. The third kappa shape index (κ3) is 1.89. The van der Waals surface area contributed by atoms with Gasteiger partial charge in [0.25, 0.3) is 0 Å². The van der Waals surface area contributed by atoms with Crippen LogP contribution in [0, 0.1) is 0 Å². The van der Waals surface area contributed by atoms with Crippen molar-refractivity contribution in [2.24, 2.45) is 0 Å². The minimum absolute atomic E-state index is 0.133. The molecule has 0 aliphatic rings. The normalized spacial score (nSPS) is 9.71. The quantitative estimate of drug-likeness (QED) is 0.655. The molecule has 0 radical (unpaired) electrons. The number of rotatable bonds is 2. The second kappa shape index (κ2) is 3.60. The fourth-order valence-corrected chi connectivity index (χ4v) is 0.850. The van der Waals surface area contributed by atoms with Crippen molar-refractivity contribution in [3.05, 3.63) is 24.8 Å². The average Bonchev–Trinajstić information content (AvgIpc) is 2.76. The highest BCUT2D eigenvalue weighted by molar-refractivity contribution is 5.83. The van der Waals surface area contributed by atoms with Crippen LogP contribution >= 0.6 is 0 Å². The molecule has 0 unspecified atom stereocenters. The van der Waals surface area contributed by atoms with E-state index in [2.05, 4.69) is 25.3 Å². The number of ether oxygens (including phenoxy) is 1. The zero-order valence-corrected chi connectivity index (χ0v) is 7.02. The van der Waals surface area contributed by atoms with Crippen LogP contribution in [0.15, 0.2) is 24.8 Å². The Morgan fingerprint density at radius 3 is 2.71 bits per heavy atom. The number of carbonyl (C=O) groups excluding carboxylic acids is 1. The fraction of sp³-hybridized carbons (Fsp3) is 0. The SMILES string of the molecule is O=C(Nc1ncc[nH]1)Oc1ncc[nH]1. The van der Waals surface area contributed by atoms with Crippen LogP contribution in [-0.2, 0) is 0 Å². The highest BCUT2D eigenvalue weighted by atomic mass is 16.6. The van der Waals surface area contributed by atoms with Gasteiger partial charge in [0, 0.05) is 24.8 Å². The first-order valence-electron chi connectivity index (χ1n) is 3.82. The van der Waals surface area contributed by atoms with Crippen LogP contribution in [0.5, 0.6) is 6.01 Å². The van der Waals surface area contributed by atoms with Crippen molar-refractivity contribution in [3.8, 4) is 6.01 Å². The van der Waals surface area contributed by atoms with Crippen LogP contribution in [0.4, 0.5) is 10.7 Å². The van der Waals surface area contributed by atoms with Gasteiger partial charge in [-0.25, -0.2) is 14.8 Å². The fourth-order valence-electron chi connectivity index (χ4n) is 0.850. The monoisotopic (exact) mass is 193 g/mol. The lowest BCUT2D eigenvalue weighted by atomic mass is 10.9. The Hall–Kier alpha value is -2.31. The largest absolute Gasteiger partial charge is 0.421 e. The van der Waals surface area contributed by atoms with E-state index in [1.54, 1.807) is 12.4 Å². The maximum atomic E-state index is 11.1. The molecule has 72 valence electrons. The molecule has 7 nitrogen and oxygen atoms in total. The second-order valence-electron chi connectivity index (χ2n) is 2.35. The topological polar surface area (TPSA) is 95.7 Å². The number of aromatic amines is 2. The first-order valence-corrected chi connectivity index (χ1v) is 3.82. The number of hydrogen-bond acceptors (Lipinski definition) is 4. The Bertz CT molecular complexity index is 355. The van der Waals surface area contributed by atoms with Crippen LogP contribution in [0.25, 0.3) is 0 Å². The number of aromatic nitrogens is 4. The Labute approximate surface area is 78.5 Å². The lowest BCUT2D eigenvalue weighted by Crippen LogP contribution is -2.18. The van der Waals surface area contributed by atoms with Crippen molar-refractivity contribution in [1.29, 1.82) is 0 Å². The van der Waals surface area contributed by atoms with E-state index in [-0.39, 0.29) is 6.01 Å². The van der Waals surface area contributed by atoms with E-state index in [0.29, 0.717) is 5.95 Å². The molecule has 3 N–H and O–H groups in total. The summed E-state index contributed by atoms with van der Waals surface area (Å²) < 4.78 is 4.75. The van der Waals surface area contributed by atoms with E-state index in [0.717, 1.165) is 0 Å². The molecule has 0 aliphatic carbocycles. The van der Waals surface area contributed by atoms with Crippen LogP contribution in [-0.4, -0.2) is 26.0 Å². The van der Waals surface area contributed by atoms with Crippen LogP contribution < -0.4 is 10.1 Å². The second-order valence-corrected chi connectivity index (χ2v) is 2.35. The van der Waals surface area contributed by atoms with Gasteiger partial charge in [0.05, 0.1) is 0 Å². The third-order valence-electron chi connectivity index (χ3n) is 1.38. The Balaban J connectivity index is 1.91. The van der Waals surface area contributed by atoms with E-state index >= 15 is 0 Å². The molecule has 14 heavy (non-hydrogen) atoms. The molecular weight excluding hydrogens is 186 g/mol. The van der Waals surface area contributed by atoms with Crippen molar-refractivity contribution in [3.63, 3.8) is 0 Å². The van der Waals surface area contributed by atoms with Gasteiger partial charge in [-0.1, -0.05) is 0 Å². The van der Waals surface area contributed by atoms with Crippen LogP contribution in [0.3, 0.4) is 0 Å². The van der Waals surface area contributed by atoms with E-state index < -0.39 is 6.09 Å². The summed E-state index contributed by atoms with van der Waals surface area (Å²) in [5.74, 6) is 0.321. The minimum atomic E-state index is -0.658. The van der Waals surface area contributed by atoms with Gasteiger partial charge in [0.1, 0.15) is 0 Å². The van der Waals surface area contributed by atoms with Gasteiger partial charge in [0.2, 0.25) is 5.95 Å². The molecule has 0 saturated heterocycles. The standard InChI is InChI=1S/C7H7N5O2/c13-7(12-5-8-1-2-9-5)14-6-10-3-4-11-6/h1-4H,(H,10,11)(H2,8,9,12,13). The number of nitrogens with one attached hydrogen (secondary N) is 3. The van der Waals surface area contributed by atoms with Gasteiger partial charge in [-0.2, -0.15) is 0 Å². The summed E-state index contributed by atoms with van der Waals surface area (Å²) in [6.45, 7) is 0. The summed E-state index contributed by atoms with van der Waals surface area (Å²) in [5.41, 5.74) is 0. The predicted molar refractivity (Wildman–Crippen MR) is 46.8 cm³/mol. The number of hydrogen-bond donors (Lipinski definition) is 3. The number of H-pyrrole nitrogens is 2. The minimum Gasteiger partial charge on any atom is -0.375 e. The zero-order chi connectivity index (χ0) is 9.80. The summed E-state index contributed by atoms with van der Waals surface area (Å²) in [5, 5.41) is 2.37. The zero-order valence-electron chi connectivity index (χ0n) is 7.02. The average molecular weight is 193 g/mol. The molecule has 0 aliphatic heterocycles. The summed E-state index contributed by atoms with van der Waals surface area (Å²) in [6, 6.07) is 0.133. The maximum absolute atomic E-state index is 11.1. The molecule has 0 atom stereocenters. The van der Waals surface area contributed by atoms with Crippen molar-refractivity contribution in [2.45, 2.75) is 0 Å². The molecule has 1 amide bonds. The highest BCUT2D eigenvalue weighted by Crippen LogP contribution is 2.01. The molecule has 2 aromatic heterocycles. The lowest BCUT2D eigenvalue weighted by molar-refractivity contribution is 0.211. The number of carbonyl (C=O) groups is 1. The van der Waals surface area contributed by atoms with E-state index in [4.69, 9.17) is 4.74 Å². The summed E-state index contributed by atoms with van der Waals surface area (Å²) in [6.07, 6.45) is 5.48. The number of nitrogens with zero attached hydrogens (tertiary/aromatic N) is 2. The van der Waals surface area contributed by atoms with E-state index in [1.807, 2.05) is 0 Å². The van der Waals surface area contributed by atoms with E-state index in [9.17, 15) is 4.79 Å². The van der Waals surface area contributed by atoms with Crippen molar-refractivity contribution < 1.29 is 9.53 Å². The highest BCUT2D eigenvalue weighted by Gasteiger charge is 2.06. The van der Waals surface area contributed by atoms with Crippen molar-refractivity contribution in [2.75, 3.05) is 5.32 Å². The molecule has 0 bridgehead atoms. The summed E-state index contributed by atoms with van der Waals surface area (Å²) in [7, 11) is 0. The number of anilines is 1. The van der Waals surface area contributed by atoms with Gasteiger partial charge in [-0.05, 0) is 0 Å². The Morgan fingerprint density at radius 2 is 2.07 bits per heavy atom.